The molecule has 0 aromatic rings. The van der Waals surface area contributed by atoms with Gasteiger partial charge in [-0.3, -0.25) is 4.21 Å². The molecule has 0 aliphatic rings. The first kappa shape index (κ1) is 7.93. The van der Waals surface area contributed by atoms with Crippen LogP contribution in [-0.4, -0.2) is 25.7 Å². The van der Waals surface area contributed by atoms with E-state index in [2.05, 4.69) is 0 Å². The van der Waals surface area contributed by atoms with Gasteiger partial charge in [0.15, 0.2) is 0 Å². The van der Waals surface area contributed by atoms with Crippen LogP contribution in [0.5, 0.6) is 0 Å². The Morgan fingerprint density at radius 2 is 2.12 bits per heavy atom. The van der Waals surface area contributed by atoms with Gasteiger partial charge < -0.3 is 9.66 Å². The number of hydrogen-bond donors (Lipinski definition) is 1. The molecule has 0 bridgehead atoms. The number of aliphatic hydroxyl groups excluding tert-OH is 1. The summed E-state index contributed by atoms with van der Waals surface area (Å²) in [6.07, 6.45) is 0. The molecule has 0 fully saturated rings. The minimum atomic E-state index is -3.99. The van der Waals surface area contributed by atoms with Crippen molar-refractivity contribution in [2.24, 2.45) is 0 Å². The topological polar surface area (TPSA) is 60.4 Å². The zero-order valence-electron chi connectivity index (χ0n) is 3.63. The lowest BCUT2D eigenvalue weighted by molar-refractivity contribution is 0.0244. The van der Waals surface area contributed by atoms with Crippen LogP contribution >= 0.6 is 0 Å². The number of aliphatic hydroxyl groups is 1. The maximum Gasteiger partial charge on any atom is 0.331 e. The van der Waals surface area contributed by atoms with Crippen molar-refractivity contribution in [1.29, 1.82) is 0 Å². The Hall–Kier alpha value is -0.0700. The van der Waals surface area contributed by atoms with E-state index in [1.807, 2.05) is 0 Å². The summed E-state index contributed by atoms with van der Waals surface area (Å²) in [5.74, 6) is 0. The lowest BCUT2D eigenvalue weighted by atomic mass is 10.8. The summed E-state index contributed by atoms with van der Waals surface area (Å²) in [5, 5.41) is 3.64. The SMILES string of the molecule is O=S([O-])C(F)(F)CO. The van der Waals surface area contributed by atoms with Gasteiger partial charge >= 0.3 is 5.25 Å². The largest absolute Gasteiger partial charge is 0.768 e. The molecule has 1 unspecified atom stereocenters. The van der Waals surface area contributed by atoms with E-state index in [4.69, 9.17) is 5.11 Å². The molecule has 0 aromatic heterocycles. The molecule has 3 nitrogen and oxygen atoms in total. The molecule has 0 radical (unpaired) electrons. The molecule has 0 heterocycles. The molecule has 0 spiro atoms. The van der Waals surface area contributed by atoms with Crippen LogP contribution in [0.3, 0.4) is 0 Å². The summed E-state index contributed by atoms with van der Waals surface area (Å²) in [5.41, 5.74) is 0. The summed E-state index contributed by atoms with van der Waals surface area (Å²) in [4.78, 5) is 0. The summed E-state index contributed by atoms with van der Waals surface area (Å²) >= 11 is -3.51. The fourth-order valence-corrected chi connectivity index (χ4v) is 0.158. The van der Waals surface area contributed by atoms with Gasteiger partial charge in [0.1, 0.15) is 6.61 Å². The van der Waals surface area contributed by atoms with Gasteiger partial charge in [0.2, 0.25) is 0 Å². The average Bonchev–Trinajstić information content (AvgIpc) is 1.67. The van der Waals surface area contributed by atoms with Crippen LogP contribution in [0.25, 0.3) is 0 Å². The van der Waals surface area contributed by atoms with E-state index in [0.717, 1.165) is 0 Å². The zero-order chi connectivity index (χ0) is 6.78. The van der Waals surface area contributed by atoms with Crippen molar-refractivity contribution in [1.82, 2.24) is 0 Å². The fourth-order valence-electron chi connectivity index (χ4n) is 0.0527. The van der Waals surface area contributed by atoms with Crippen LogP contribution < -0.4 is 0 Å². The minimum Gasteiger partial charge on any atom is -0.768 e. The molecular weight excluding hydrogens is 142 g/mol. The van der Waals surface area contributed by atoms with Crippen LogP contribution in [0.15, 0.2) is 0 Å². The summed E-state index contributed by atoms with van der Waals surface area (Å²) in [6.45, 7) is -1.66. The van der Waals surface area contributed by atoms with Crippen LogP contribution in [0, 0.1) is 0 Å². The molecule has 0 amide bonds. The first-order chi connectivity index (χ1) is 3.50. The Bertz CT molecular complexity index is 103. The Labute approximate surface area is 46.6 Å². The van der Waals surface area contributed by atoms with Gasteiger partial charge in [-0.2, -0.15) is 8.78 Å². The van der Waals surface area contributed by atoms with E-state index in [9.17, 15) is 17.5 Å². The molecular formula is C2H3F2O3S-. The normalized spacial score (nSPS) is 16.0. The molecule has 50 valence electrons. The summed E-state index contributed by atoms with van der Waals surface area (Å²) in [7, 11) is 0. The first-order valence-electron chi connectivity index (χ1n) is 1.59. The molecule has 1 atom stereocenters. The van der Waals surface area contributed by atoms with E-state index < -0.39 is 22.9 Å². The van der Waals surface area contributed by atoms with Gasteiger partial charge in [0.25, 0.3) is 0 Å². The van der Waals surface area contributed by atoms with Gasteiger partial charge in [-0.1, -0.05) is 0 Å². The Balaban J connectivity index is 3.91. The lowest BCUT2D eigenvalue weighted by Crippen LogP contribution is -2.26. The predicted molar refractivity (Wildman–Crippen MR) is 21.0 cm³/mol. The van der Waals surface area contributed by atoms with Gasteiger partial charge in [-0.15, -0.1) is 0 Å². The molecule has 0 aliphatic heterocycles. The van der Waals surface area contributed by atoms with E-state index >= 15 is 0 Å². The maximum absolute atomic E-state index is 11.4. The van der Waals surface area contributed by atoms with Crippen molar-refractivity contribution in [3.8, 4) is 0 Å². The highest BCUT2D eigenvalue weighted by Crippen LogP contribution is 2.14. The maximum atomic E-state index is 11.4. The predicted octanol–water partition coefficient (Wildman–Crippen LogP) is -0.549. The van der Waals surface area contributed by atoms with E-state index in [1.165, 1.54) is 0 Å². The molecule has 0 saturated heterocycles. The Kier molecular flexibility index (Phi) is 2.45. The van der Waals surface area contributed by atoms with Gasteiger partial charge in [0, 0.05) is 11.1 Å². The third kappa shape index (κ3) is 1.81. The standard InChI is InChI=1S/C2H4F2O3S/c3-2(4,1-5)8(6)7/h5H,1H2,(H,6,7)/p-1. The van der Waals surface area contributed by atoms with E-state index in [1.54, 1.807) is 0 Å². The Morgan fingerprint density at radius 3 is 2.12 bits per heavy atom. The van der Waals surface area contributed by atoms with E-state index in [-0.39, 0.29) is 0 Å². The second-order valence-corrected chi connectivity index (χ2v) is 2.10. The number of hydrogen-bond acceptors (Lipinski definition) is 3. The summed E-state index contributed by atoms with van der Waals surface area (Å²) in [6, 6.07) is 0. The third-order valence-electron chi connectivity index (χ3n) is 0.428. The molecule has 0 rings (SSSR count). The van der Waals surface area contributed by atoms with Crippen LogP contribution in [0.2, 0.25) is 0 Å². The van der Waals surface area contributed by atoms with Crippen molar-refractivity contribution in [3.05, 3.63) is 0 Å². The van der Waals surface area contributed by atoms with Gasteiger partial charge in [-0.05, 0) is 0 Å². The molecule has 0 aromatic carbocycles. The second-order valence-electron chi connectivity index (χ2n) is 1.03. The number of halogens is 2. The third-order valence-corrected chi connectivity index (χ3v) is 1.04. The minimum absolute atomic E-state index is 1.66. The molecule has 0 saturated carbocycles. The highest BCUT2D eigenvalue weighted by atomic mass is 32.2. The lowest BCUT2D eigenvalue weighted by Gasteiger charge is -2.14. The van der Waals surface area contributed by atoms with Crippen LogP contribution in [-0.2, 0) is 11.1 Å². The molecule has 0 aliphatic carbocycles. The summed E-state index contributed by atoms with van der Waals surface area (Å²) < 4.78 is 41.5. The van der Waals surface area contributed by atoms with Crippen LogP contribution in [0.1, 0.15) is 0 Å². The quantitative estimate of drug-likeness (QED) is 0.530. The average molecular weight is 145 g/mol. The van der Waals surface area contributed by atoms with Gasteiger partial charge in [-0.25, -0.2) is 0 Å². The number of alkyl halides is 2. The van der Waals surface area contributed by atoms with Crippen LogP contribution in [0.4, 0.5) is 8.78 Å². The van der Waals surface area contributed by atoms with Crippen molar-refractivity contribution in [2.75, 3.05) is 6.61 Å². The molecule has 8 heavy (non-hydrogen) atoms. The monoisotopic (exact) mass is 145 g/mol. The second kappa shape index (κ2) is 2.47. The van der Waals surface area contributed by atoms with Crippen molar-refractivity contribution < 1.29 is 22.6 Å². The van der Waals surface area contributed by atoms with E-state index in [0.29, 0.717) is 0 Å². The van der Waals surface area contributed by atoms with Crippen molar-refractivity contribution >= 4 is 11.1 Å². The fraction of sp³-hybridized carbons (Fsp3) is 1.00. The van der Waals surface area contributed by atoms with Crippen molar-refractivity contribution in [2.45, 2.75) is 5.25 Å². The highest BCUT2D eigenvalue weighted by Gasteiger charge is 2.28. The first-order valence-corrected chi connectivity index (χ1v) is 2.66. The smallest absolute Gasteiger partial charge is 0.331 e. The highest BCUT2D eigenvalue weighted by molar-refractivity contribution is 7.80. The van der Waals surface area contributed by atoms with Crippen molar-refractivity contribution in [3.63, 3.8) is 0 Å². The number of rotatable bonds is 2. The van der Waals surface area contributed by atoms with Gasteiger partial charge in [0.05, 0.1) is 0 Å². The molecule has 6 heteroatoms. The molecule has 1 N–H and O–H groups in total. The zero-order valence-corrected chi connectivity index (χ0v) is 4.45. The Morgan fingerprint density at radius 1 is 1.75 bits per heavy atom.